The Bertz CT molecular complexity index is 615. The van der Waals surface area contributed by atoms with Crippen LogP contribution in [0, 0.1) is 0 Å². The average molecular weight is 325 g/mol. The Hall–Kier alpha value is -1.74. The van der Waals surface area contributed by atoms with Crippen LogP contribution in [-0.2, 0) is 4.74 Å². The third kappa shape index (κ3) is 3.97. The van der Waals surface area contributed by atoms with Crippen molar-refractivity contribution < 1.29 is 20.1 Å². The van der Waals surface area contributed by atoms with Gasteiger partial charge in [0.15, 0.2) is 6.23 Å². The zero-order chi connectivity index (χ0) is 17.0. The van der Waals surface area contributed by atoms with Gasteiger partial charge in [-0.3, -0.25) is 4.57 Å². The number of aromatic nitrogens is 2. The van der Waals surface area contributed by atoms with E-state index in [1.54, 1.807) is 12.1 Å². The van der Waals surface area contributed by atoms with Gasteiger partial charge in [-0.2, -0.15) is 4.98 Å². The van der Waals surface area contributed by atoms with Crippen molar-refractivity contribution in [2.24, 2.45) is 5.73 Å². The summed E-state index contributed by atoms with van der Waals surface area (Å²) < 4.78 is 6.40. The number of aliphatic hydroxyl groups is 3. The lowest BCUT2D eigenvalue weighted by Gasteiger charge is -2.17. The van der Waals surface area contributed by atoms with Crippen LogP contribution in [-0.4, -0.2) is 49.8 Å². The fourth-order valence-corrected chi connectivity index (χ4v) is 2.45. The zero-order valence-electron chi connectivity index (χ0n) is 13.0. The highest BCUT2D eigenvalue weighted by molar-refractivity contribution is 5.46. The van der Waals surface area contributed by atoms with E-state index in [-0.39, 0.29) is 0 Å². The first-order chi connectivity index (χ1) is 11.0. The van der Waals surface area contributed by atoms with Crippen LogP contribution in [0.1, 0.15) is 38.1 Å². The fraction of sp³-hybridized carbons (Fsp3) is 0.600. The summed E-state index contributed by atoms with van der Waals surface area (Å²) in [7, 11) is 0. The van der Waals surface area contributed by atoms with E-state index in [2.05, 4.69) is 11.9 Å². The molecule has 128 valence electrons. The van der Waals surface area contributed by atoms with Gasteiger partial charge >= 0.3 is 5.69 Å². The summed E-state index contributed by atoms with van der Waals surface area (Å²) in [5, 5.41) is 28.8. The van der Waals surface area contributed by atoms with Crippen LogP contribution in [0.4, 0.5) is 0 Å². The molecule has 1 aliphatic heterocycles. The van der Waals surface area contributed by atoms with E-state index in [9.17, 15) is 15.0 Å². The highest BCUT2D eigenvalue weighted by atomic mass is 16.6. The summed E-state index contributed by atoms with van der Waals surface area (Å²) >= 11 is 0. The van der Waals surface area contributed by atoms with Crippen molar-refractivity contribution in [2.75, 3.05) is 6.61 Å². The highest BCUT2D eigenvalue weighted by Crippen LogP contribution is 2.27. The Morgan fingerprint density at radius 1 is 1.48 bits per heavy atom. The predicted octanol–water partition coefficient (Wildman–Crippen LogP) is -0.655. The second-order valence-electron chi connectivity index (χ2n) is 5.59. The van der Waals surface area contributed by atoms with Gasteiger partial charge in [0, 0.05) is 11.9 Å². The average Bonchev–Trinajstić information content (AvgIpc) is 2.81. The molecule has 8 nitrogen and oxygen atoms in total. The summed E-state index contributed by atoms with van der Waals surface area (Å²) in [6.07, 6.45) is 1.17. The molecule has 0 unspecified atom stereocenters. The lowest BCUT2D eigenvalue weighted by molar-refractivity contribution is -0.0549. The molecule has 1 fully saturated rings. The van der Waals surface area contributed by atoms with Crippen LogP contribution in [0.2, 0.25) is 0 Å². The van der Waals surface area contributed by atoms with E-state index in [1.165, 1.54) is 6.20 Å². The zero-order valence-corrected chi connectivity index (χ0v) is 13.0. The Morgan fingerprint density at radius 3 is 2.78 bits per heavy atom. The van der Waals surface area contributed by atoms with E-state index >= 15 is 0 Å². The monoisotopic (exact) mass is 325 g/mol. The first kappa shape index (κ1) is 17.6. The van der Waals surface area contributed by atoms with Gasteiger partial charge in [-0.1, -0.05) is 13.3 Å². The van der Waals surface area contributed by atoms with Crippen molar-refractivity contribution in [3.8, 4) is 0 Å². The van der Waals surface area contributed by atoms with Crippen LogP contribution < -0.4 is 11.4 Å². The van der Waals surface area contributed by atoms with Crippen molar-refractivity contribution in [3.05, 3.63) is 34.1 Å². The van der Waals surface area contributed by atoms with E-state index < -0.39 is 36.8 Å². The van der Waals surface area contributed by atoms with Gasteiger partial charge in [0.05, 0.1) is 12.3 Å². The summed E-state index contributed by atoms with van der Waals surface area (Å²) in [5.74, 6) is 0. The Labute approximate surface area is 133 Å². The minimum atomic E-state index is -1.32. The second-order valence-corrected chi connectivity index (χ2v) is 5.59. The summed E-state index contributed by atoms with van der Waals surface area (Å²) in [5.41, 5.74) is 6.30. The molecule has 5 N–H and O–H groups in total. The Kier molecular flexibility index (Phi) is 5.89. The number of nitrogens with zero attached hydrogens (tertiary/aromatic N) is 2. The van der Waals surface area contributed by atoms with E-state index in [0.29, 0.717) is 11.4 Å². The molecule has 0 aliphatic carbocycles. The van der Waals surface area contributed by atoms with Crippen LogP contribution in [0.15, 0.2) is 22.8 Å². The maximum atomic E-state index is 12.1. The van der Waals surface area contributed by atoms with Crippen molar-refractivity contribution >= 4 is 6.08 Å². The SMILES string of the molecule is CCCCC(N)=Cc1ccn([C@@H]2O[C@H](CO)[C@@H](O)[C@H]2O)c(=O)n1. The summed E-state index contributed by atoms with van der Waals surface area (Å²) in [4.78, 5) is 16.0. The third-order valence-electron chi connectivity index (χ3n) is 3.80. The molecule has 2 rings (SSSR count). The van der Waals surface area contributed by atoms with Crippen molar-refractivity contribution in [1.29, 1.82) is 0 Å². The number of nitrogens with two attached hydrogens (primary N) is 1. The minimum absolute atomic E-state index is 0.423. The fourth-order valence-electron chi connectivity index (χ4n) is 2.45. The molecule has 23 heavy (non-hydrogen) atoms. The number of allylic oxidation sites excluding steroid dienone is 1. The number of hydrogen-bond donors (Lipinski definition) is 4. The molecule has 0 radical (unpaired) electrons. The largest absolute Gasteiger partial charge is 0.402 e. The molecule has 1 aromatic rings. The quantitative estimate of drug-likeness (QED) is 0.546. The molecule has 1 aromatic heterocycles. The number of unbranched alkanes of at least 4 members (excludes halogenated alkanes) is 1. The highest BCUT2D eigenvalue weighted by Gasteiger charge is 2.43. The van der Waals surface area contributed by atoms with Crippen LogP contribution in [0.5, 0.6) is 0 Å². The molecule has 0 saturated carbocycles. The minimum Gasteiger partial charge on any atom is -0.402 e. The second kappa shape index (κ2) is 7.69. The molecule has 8 heteroatoms. The third-order valence-corrected chi connectivity index (χ3v) is 3.80. The van der Waals surface area contributed by atoms with Gasteiger partial charge in [0.25, 0.3) is 0 Å². The first-order valence-electron chi connectivity index (χ1n) is 7.65. The van der Waals surface area contributed by atoms with Crippen molar-refractivity contribution in [1.82, 2.24) is 9.55 Å². The van der Waals surface area contributed by atoms with E-state index in [4.69, 9.17) is 15.6 Å². The lowest BCUT2D eigenvalue weighted by atomic mass is 10.1. The molecule has 2 heterocycles. The Balaban J connectivity index is 2.19. The Morgan fingerprint density at radius 2 is 2.22 bits per heavy atom. The van der Waals surface area contributed by atoms with Crippen LogP contribution >= 0.6 is 0 Å². The van der Waals surface area contributed by atoms with Crippen LogP contribution in [0.3, 0.4) is 0 Å². The smallest absolute Gasteiger partial charge is 0.350 e. The lowest BCUT2D eigenvalue weighted by Crippen LogP contribution is -2.36. The first-order valence-corrected chi connectivity index (χ1v) is 7.65. The van der Waals surface area contributed by atoms with Gasteiger partial charge in [0.2, 0.25) is 0 Å². The summed E-state index contributed by atoms with van der Waals surface area (Å²) in [6, 6.07) is 1.58. The van der Waals surface area contributed by atoms with Gasteiger partial charge in [0.1, 0.15) is 18.3 Å². The molecule has 0 aromatic carbocycles. The van der Waals surface area contributed by atoms with Gasteiger partial charge in [-0.25, -0.2) is 4.79 Å². The standard InChI is InChI=1S/C15H23N3O5/c1-2-3-4-9(16)7-10-5-6-18(15(22)17-10)14-13(21)12(20)11(8-19)23-14/h5-7,11-14,19-21H,2-4,8,16H2,1H3/t11-,12-,13-,14-/m1/s1. The number of hydrogen-bond acceptors (Lipinski definition) is 7. The normalized spacial score (nSPS) is 28.3. The predicted molar refractivity (Wildman–Crippen MR) is 83.2 cm³/mol. The summed E-state index contributed by atoms with van der Waals surface area (Å²) in [6.45, 7) is 1.61. The molecule has 0 amide bonds. The van der Waals surface area contributed by atoms with Crippen LogP contribution in [0.25, 0.3) is 6.08 Å². The molecule has 0 bridgehead atoms. The van der Waals surface area contributed by atoms with Crippen molar-refractivity contribution in [2.45, 2.75) is 50.7 Å². The molecule has 1 saturated heterocycles. The van der Waals surface area contributed by atoms with Gasteiger partial charge in [-0.05, 0) is 25.0 Å². The number of rotatable bonds is 6. The molecule has 4 atom stereocenters. The molecular weight excluding hydrogens is 302 g/mol. The van der Waals surface area contributed by atoms with Gasteiger partial charge < -0.3 is 25.8 Å². The van der Waals surface area contributed by atoms with E-state index in [1.807, 2.05) is 0 Å². The number of ether oxygens (including phenoxy) is 1. The molecule has 0 spiro atoms. The van der Waals surface area contributed by atoms with E-state index in [0.717, 1.165) is 23.8 Å². The molecular formula is C15H23N3O5. The maximum Gasteiger partial charge on any atom is 0.350 e. The number of aliphatic hydroxyl groups excluding tert-OH is 3. The maximum absolute atomic E-state index is 12.1. The topological polar surface area (TPSA) is 131 Å². The van der Waals surface area contributed by atoms with Gasteiger partial charge in [-0.15, -0.1) is 0 Å². The molecule has 1 aliphatic rings. The van der Waals surface area contributed by atoms with Crippen molar-refractivity contribution in [3.63, 3.8) is 0 Å².